The van der Waals surface area contributed by atoms with E-state index >= 15 is 0 Å². The minimum atomic E-state index is -0.654. The number of carbonyl (C=O) groups excluding carboxylic acids is 2. The van der Waals surface area contributed by atoms with E-state index in [2.05, 4.69) is 6.92 Å². The van der Waals surface area contributed by atoms with Gasteiger partial charge in [-0.2, -0.15) is 0 Å². The van der Waals surface area contributed by atoms with E-state index in [1.165, 1.54) is 76.7 Å². The van der Waals surface area contributed by atoms with Crippen LogP contribution in [-0.2, 0) is 9.59 Å². The van der Waals surface area contributed by atoms with Crippen LogP contribution >= 0.6 is 12.2 Å². The number of thiocarbonyl (C=S) groups is 1. The van der Waals surface area contributed by atoms with Crippen molar-refractivity contribution < 1.29 is 14.0 Å². The summed E-state index contributed by atoms with van der Waals surface area (Å²) in [7, 11) is 0. The van der Waals surface area contributed by atoms with Gasteiger partial charge in [-0.05, 0) is 31.7 Å². The molecule has 1 aliphatic heterocycles. The highest BCUT2D eigenvalue weighted by molar-refractivity contribution is 7.80. The quantitative estimate of drug-likeness (QED) is 0.132. The molecule has 2 fully saturated rings. The van der Waals surface area contributed by atoms with E-state index < -0.39 is 6.04 Å². The number of unbranched alkanes of at least 4 members (excludes halogenated alkanes) is 12. The van der Waals surface area contributed by atoms with Gasteiger partial charge in [-0.25, -0.2) is 4.39 Å². The molecule has 1 aliphatic carbocycles. The number of likely N-dealkylation sites (tertiary alicyclic amines) is 1. The monoisotopic (exact) mass is 529 g/mol. The number of halogens is 1. The Kier molecular flexibility index (Phi) is 13.2. The third kappa shape index (κ3) is 9.89. The summed E-state index contributed by atoms with van der Waals surface area (Å²) in [5, 5.41) is 0. The molecular formula is C32H48FNO2S. The summed E-state index contributed by atoms with van der Waals surface area (Å²) in [6.07, 6.45) is 20.5. The largest absolute Gasteiger partial charge is 0.352 e. The second-order valence-electron chi connectivity index (χ2n) is 11.3. The van der Waals surface area contributed by atoms with E-state index in [0.717, 1.165) is 25.7 Å². The third-order valence-electron chi connectivity index (χ3n) is 8.20. The smallest absolute Gasteiger partial charge is 0.162 e. The number of benzene rings is 1. The molecule has 0 N–H and O–H groups in total. The molecular weight excluding hydrogens is 481 g/mol. The van der Waals surface area contributed by atoms with Crippen molar-refractivity contribution in [1.29, 1.82) is 0 Å². The Hall–Kier alpha value is -1.62. The maximum Gasteiger partial charge on any atom is 0.162 e. The fraction of sp³-hybridized carbons (Fsp3) is 0.719. The molecule has 1 saturated carbocycles. The summed E-state index contributed by atoms with van der Waals surface area (Å²) < 4.78 is 14.7. The molecule has 1 heterocycles. The number of carbonyl (C=O) groups is 2. The van der Waals surface area contributed by atoms with E-state index in [4.69, 9.17) is 12.2 Å². The second-order valence-corrected chi connectivity index (χ2v) is 11.8. The van der Waals surface area contributed by atoms with Crippen LogP contribution in [0.1, 0.15) is 134 Å². The maximum absolute atomic E-state index is 14.7. The van der Waals surface area contributed by atoms with Crippen LogP contribution in [0.2, 0.25) is 0 Å². The van der Waals surface area contributed by atoms with Crippen molar-refractivity contribution in [2.24, 2.45) is 11.8 Å². The molecule has 1 saturated heterocycles. The molecule has 2 unspecified atom stereocenters. The van der Waals surface area contributed by atoms with Crippen LogP contribution in [0.15, 0.2) is 24.3 Å². The SMILES string of the molecule is CCCCCCCCCCCCCCCC(=O)C1CCN(C(C(=O)C2CC2)c2ccccc2F)C(=S)C1. The lowest BCUT2D eigenvalue weighted by Crippen LogP contribution is -2.45. The minimum absolute atomic E-state index is 0.0160. The molecule has 3 nitrogen and oxygen atoms in total. The van der Waals surface area contributed by atoms with Crippen LogP contribution < -0.4 is 0 Å². The fourth-order valence-electron chi connectivity index (χ4n) is 5.68. The lowest BCUT2D eigenvalue weighted by atomic mass is 9.87. The van der Waals surface area contributed by atoms with Gasteiger partial charge in [0, 0.05) is 36.8 Å². The van der Waals surface area contributed by atoms with E-state index in [1.54, 1.807) is 18.2 Å². The normalized spacial score (nSPS) is 18.7. The molecule has 37 heavy (non-hydrogen) atoms. The average Bonchev–Trinajstić information content (AvgIpc) is 3.74. The maximum atomic E-state index is 14.7. The molecule has 0 amide bonds. The van der Waals surface area contributed by atoms with Crippen molar-refractivity contribution in [2.75, 3.05) is 6.54 Å². The molecule has 3 rings (SSSR count). The van der Waals surface area contributed by atoms with Crippen LogP contribution in [0.25, 0.3) is 0 Å². The van der Waals surface area contributed by atoms with Gasteiger partial charge >= 0.3 is 0 Å². The van der Waals surface area contributed by atoms with E-state index in [9.17, 15) is 14.0 Å². The number of ketones is 2. The number of Topliss-reactive ketones (excluding diaryl/α,β-unsaturated/α-hetero) is 2. The summed E-state index contributed by atoms with van der Waals surface area (Å²) in [4.78, 5) is 28.6. The van der Waals surface area contributed by atoms with Gasteiger partial charge in [0.1, 0.15) is 17.6 Å². The Labute approximate surface area is 230 Å². The standard InChI is InChI=1S/C32H48FNO2S/c1-2-3-4-5-6-7-8-9-10-11-12-13-14-19-29(35)26-22-23-34(30(37)24-26)31(32(36)25-20-21-25)27-17-15-16-18-28(27)33/h15-18,25-26,31H,2-14,19-24H2,1H3. The highest BCUT2D eigenvalue weighted by Crippen LogP contribution is 2.39. The third-order valence-corrected chi connectivity index (χ3v) is 8.60. The molecule has 0 bridgehead atoms. The summed E-state index contributed by atoms with van der Waals surface area (Å²) >= 11 is 5.71. The Morgan fingerprint density at radius 1 is 0.865 bits per heavy atom. The Bertz CT molecular complexity index is 868. The van der Waals surface area contributed by atoms with E-state index in [1.807, 2.05) is 4.90 Å². The van der Waals surface area contributed by atoms with E-state index in [-0.39, 0.29) is 23.4 Å². The molecule has 206 valence electrons. The first-order valence-electron chi connectivity index (χ1n) is 15.1. The first-order chi connectivity index (χ1) is 18.0. The molecule has 0 aromatic heterocycles. The highest BCUT2D eigenvalue weighted by Gasteiger charge is 2.42. The number of rotatable bonds is 19. The van der Waals surface area contributed by atoms with Gasteiger partial charge in [-0.3, -0.25) is 9.59 Å². The zero-order valence-corrected chi connectivity index (χ0v) is 23.8. The van der Waals surface area contributed by atoms with Crippen molar-refractivity contribution >= 4 is 28.8 Å². The molecule has 0 spiro atoms. The van der Waals surface area contributed by atoms with Crippen molar-refractivity contribution in [3.63, 3.8) is 0 Å². The Morgan fingerprint density at radius 2 is 1.43 bits per heavy atom. The molecule has 1 aromatic carbocycles. The van der Waals surface area contributed by atoms with Gasteiger partial charge in [0.2, 0.25) is 0 Å². The van der Waals surface area contributed by atoms with Gasteiger partial charge in [0.25, 0.3) is 0 Å². The summed E-state index contributed by atoms with van der Waals surface area (Å²) in [6.45, 7) is 2.81. The number of hydrogen-bond donors (Lipinski definition) is 0. The number of hydrogen-bond acceptors (Lipinski definition) is 3. The predicted molar refractivity (Wildman–Crippen MR) is 154 cm³/mol. The van der Waals surface area contributed by atoms with Crippen molar-refractivity contribution in [3.8, 4) is 0 Å². The number of piperidine rings is 1. The first kappa shape index (κ1) is 29.9. The van der Waals surface area contributed by atoms with Crippen molar-refractivity contribution in [1.82, 2.24) is 4.90 Å². The Balaban J connectivity index is 1.32. The molecule has 0 radical (unpaired) electrons. The minimum Gasteiger partial charge on any atom is -0.352 e. The molecule has 1 aromatic rings. The first-order valence-corrected chi connectivity index (χ1v) is 15.5. The lowest BCUT2D eigenvalue weighted by Gasteiger charge is -2.39. The van der Waals surface area contributed by atoms with Crippen LogP contribution in [-0.4, -0.2) is 28.0 Å². The summed E-state index contributed by atoms with van der Waals surface area (Å²) in [5.74, 6) is -0.0178. The van der Waals surface area contributed by atoms with Crippen LogP contribution in [0.3, 0.4) is 0 Å². The van der Waals surface area contributed by atoms with E-state index in [0.29, 0.717) is 42.1 Å². The predicted octanol–water partition coefficient (Wildman–Crippen LogP) is 8.94. The molecule has 5 heteroatoms. The zero-order valence-electron chi connectivity index (χ0n) is 23.0. The van der Waals surface area contributed by atoms with Gasteiger partial charge in [0.05, 0.1) is 4.99 Å². The Morgan fingerprint density at radius 3 is 1.97 bits per heavy atom. The average molecular weight is 530 g/mol. The van der Waals surface area contributed by atoms with Crippen LogP contribution in [0.4, 0.5) is 4.39 Å². The van der Waals surface area contributed by atoms with Gasteiger partial charge in [-0.15, -0.1) is 0 Å². The van der Waals surface area contributed by atoms with Gasteiger partial charge < -0.3 is 4.90 Å². The number of nitrogens with zero attached hydrogens (tertiary/aromatic N) is 1. The fourth-order valence-corrected chi connectivity index (χ4v) is 6.08. The topological polar surface area (TPSA) is 37.4 Å². The highest BCUT2D eigenvalue weighted by atomic mass is 32.1. The van der Waals surface area contributed by atoms with Crippen molar-refractivity contribution in [2.45, 2.75) is 129 Å². The zero-order chi connectivity index (χ0) is 26.5. The van der Waals surface area contributed by atoms with Gasteiger partial charge in [-0.1, -0.05) is 114 Å². The summed E-state index contributed by atoms with van der Waals surface area (Å²) in [6, 6.07) is 5.89. The van der Waals surface area contributed by atoms with Crippen LogP contribution in [0.5, 0.6) is 0 Å². The van der Waals surface area contributed by atoms with Gasteiger partial charge in [0.15, 0.2) is 5.78 Å². The molecule has 2 aliphatic rings. The lowest BCUT2D eigenvalue weighted by molar-refractivity contribution is -0.125. The van der Waals surface area contributed by atoms with Crippen molar-refractivity contribution in [3.05, 3.63) is 35.6 Å². The second kappa shape index (κ2) is 16.4. The van der Waals surface area contributed by atoms with Crippen LogP contribution in [0, 0.1) is 17.7 Å². The summed E-state index contributed by atoms with van der Waals surface area (Å²) in [5.41, 5.74) is 0.415. The molecule has 2 atom stereocenters.